The second-order valence-electron chi connectivity index (χ2n) is 6.44. The third-order valence-corrected chi connectivity index (χ3v) is 3.88. The molecule has 120 valence electrons. The highest BCUT2D eigenvalue weighted by Gasteiger charge is 2.39. The Hall–Kier alpha value is -1.44. The minimum atomic E-state index is -1.16. The van der Waals surface area contributed by atoms with Gasteiger partial charge in [-0.2, -0.15) is 0 Å². The summed E-state index contributed by atoms with van der Waals surface area (Å²) in [6, 6.07) is -0.663. The van der Waals surface area contributed by atoms with Gasteiger partial charge in [0.25, 0.3) is 0 Å². The predicted molar refractivity (Wildman–Crippen MR) is 80.6 cm³/mol. The van der Waals surface area contributed by atoms with E-state index in [2.05, 4.69) is 5.32 Å². The number of nitrogens with two attached hydrogens (primary N) is 1. The number of amides is 3. The van der Waals surface area contributed by atoms with Gasteiger partial charge in [-0.05, 0) is 34.6 Å². The van der Waals surface area contributed by atoms with Crippen molar-refractivity contribution in [3.8, 4) is 0 Å². The molecule has 0 aliphatic carbocycles. The molecule has 0 saturated carbocycles. The number of carbonyl (C=O) groups is 3. The molecule has 0 aromatic heterocycles. The van der Waals surface area contributed by atoms with Crippen LogP contribution in [-0.2, 0) is 14.3 Å². The average Bonchev–Trinajstić information content (AvgIpc) is 2.74. The van der Waals surface area contributed by atoms with E-state index < -0.39 is 35.1 Å². The Morgan fingerprint density at radius 3 is 2.29 bits per heavy atom. The normalized spacial score (nSPS) is 19.3. The van der Waals surface area contributed by atoms with Crippen LogP contribution in [0.3, 0.4) is 0 Å². The molecule has 1 atom stereocenters. The van der Waals surface area contributed by atoms with Crippen molar-refractivity contribution in [2.75, 3.05) is 11.6 Å². The number of hydrogen-bond donors (Lipinski definition) is 2. The van der Waals surface area contributed by atoms with E-state index in [1.165, 1.54) is 30.5 Å². The van der Waals surface area contributed by atoms with Crippen LogP contribution >= 0.6 is 11.8 Å². The minimum absolute atomic E-state index is 0.379. The smallest absolute Gasteiger partial charge is 0.411 e. The fourth-order valence-electron chi connectivity index (χ4n) is 1.61. The number of rotatable bonds is 3. The van der Waals surface area contributed by atoms with Gasteiger partial charge in [0.1, 0.15) is 17.2 Å². The average molecular weight is 317 g/mol. The summed E-state index contributed by atoms with van der Waals surface area (Å²) in [6.07, 6.45) is -0.537. The van der Waals surface area contributed by atoms with E-state index in [4.69, 9.17) is 10.5 Å². The summed E-state index contributed by atoms with van der Waals surface area (Å²) in [5.41, 5.74) is 3.44. The number of primary amides is 1. The topological polar surface area (TPSA) is 102 Å². The third-order valence-electron chi connectivity index (χ3n) is 2.86. The highest BCUT2D eigenvalue weighted by atomic mass is 32.2. The highest BCUT2D eigenvalue weighted by Crippen LogP contribution is 2.24. The Morgan fingerprint density at radius 2 is 1.81 bits per heavy atom. The van der Waals surface area contributed by atoms with Crippen molar-refractivity contribution in [2.24, 2.45) is 5.73 Å². The van der Waals surface area contributed by atoms with Crippen LogP contribution in [0.25, 0.3) is 0 Å². The maximum atomic E-state index is 12.3. The van der Waals surface area contributed by atoms with Gasteiger partial charge < -0.3 is 15.8 Å². The number of nitrogens with one attached hydrogen (secondary N) is 1. The SMILES string of the molecule is CC(C)(C)OC(=O)N1CSC[C@H]1C(=O)NC(C)(C)C(N)=O. The number of carbonyl (C=O) groups excluding carboxylic acids is 3. The zero-order valence-electron chi connectivity index (χ0n) is 13.1. The molecule has 0 bridgehead atoms. The van der Waals surface area contributed by atoms with E-state index in [1.807, 2.05) is 0 Å². The lowest BCUT2D eigenvalue weighted by atomic mass is 10.0. The van der Waals surface area contributed by atoms with Crippen molar-refractivity contribution >= 4 is 29.7 Å². The second-order valence-corrected chi connectivity index (χ2v) is 7.44. The maximum absolute atomic E-state index is 12.3. The summed E-state index contributed by atoms with van der Waals surface area (Å²) < 4.78 is 5.28. The van der Waals surface area contributed by atoms with Crippen molar-refractivity contribution in [2.45, 2.75) is 51.8 Å². The fourth-order valence-corrected chi connectivity index (χ4v) is 2.76. The molecule has 1 fully saturated rings. The number of ether oxygens (including phenoxy) is 1. The number of hydrogen-bond acceptors (Lipinski definition) is 5. The lowest BCUT2D eigenvalue weighted by molar-refractivity contribution is -0.132. The lowest BCUT2D eigenvalue weighted by Crippen LogP contribution is -2.58. The molecule has 0 radical (unpaired) electrons. The predicted octanol–water partition coefficient (Wildman–Crippen LogP) is 0.677. The number of nitrogens with zero attached hydrogens (tertiary/aromatic N) is 1. The fraction of sp³-hybridized carbons (Fsp3) is 0.769. The molecule has 0 spiro atoms. The summed E-state index contributed by atoms with van der Waals surface area (Å²) in [7, 11) is 0. The summed E-state index contributed by atoms with van der Waals surface area (Å²) in [4.78, 5) is 37.0. The molecular formula is C13H23N3O4S. The molecule has 1 aliphatic heterocycles. The molecule has 1 aliphatic rings. The van der Waals surface area contributed by atoms with Crippen molar-refractivity contribution < 1.29 is 19.1 Å². The Balaban J connectivity index is 2.75. The molecule has 0 aromatic carbocycles. The Bertz CT molecular complexity index is 445. The van der Waals surface area contributed by atoms with Gasteiger partial charge >= 0.3 is 6.09 Å². The van der Waals surface area contributed by atoms with E-state index in [0.717, 1.165) is 0 Å². The van der Waals surface area contributed by atoms with Gasteiger partial charge in [-0.15, -0.1) is 11.8 Å². The molecule has 0 aromatic rings. The molecule has 21 heavy (non-hydrogen) atoms. The van der Waals surface area contributed by atoms with E-state index in [-0.39, 0.29) is 0 Å². The van der Waals surface area contributed by atoms with E-state index in [1.54, 1.807) is 20.8 Å². The summed E-state index contributed by atoms with van der Waals surface area (Å²) in [6.45, 7) is 8.33. The van der Waals surface area contributed by atoms with Crippen molar-refractivity contribution in [3.05, 3.63) is 0 Å². The van der Waals surface area contributed by atoms with Crippen LogP contribution in [0.2, 0.25) is 0 Å². The van der Waals surface area contributed by atoms with Gasteiger partial charge in [-0.25, -0.2) is 4.79 Å². The molecule has 1 saturated heterocycles. The van der Waals surface area contributed by atoms with Gasteiger partial charge in [0, 0.05) is 5.75 Å². The molecule has 1 heterocycles. The van der Waals surface area contributed by atoms with Crippen LogP contribution in [-0.4, -0.2) is 51.6 Å². The van der Waals surface area contributed by atoms with E-state index in [0.29, 0.717) is 11.6 Å². The molecule has 3 N–H and O–H groups in total. The second kappa shape index (κ2) is 6.13. The van der Waals surface area contributed by atoms with Crippen molar-refractivity contribution in [1.82, 2.24) is 10.2 Å². The number of thioether (sulfide) groups is 1. The first-order valence-electron chi connectivity index (χ1n) is 6.63. The molecular weight excluding hydrogens is 294 g/mol. The molecule has 1 rings (SSSR count). The molecule has 0 unspecified atom stereocenters. The standard InChI is InChI=1S/C13H23N3O4S/c1-12(2,3)20-11(19)16-7-21-6-8(16)9(17)15-13(4,5)10(14)18/h8H,6-7H2,1-5H3,(H2,14,18)(H,15,17)/t8-/m0/s1. The van der Waals surface area contributed by atoms with Crippen molar-refractivity contribution in [1.29, 1.82) is 0 Å². The third kappa shape index (κ3) is 4.80. The van der Waals surface area contributed by atoms with Crippen LogP contribution in [0.15, 0.2) is 0 Å². The first-order valence-corrected chi connectivity index (χ1v) is 7.79. The summed E-state index contributed by atoms with van der Waals surface area (Å²) >= 11 is 1.46. The zero-order valence-corrected chi connectivity index (χ0v) is 13.9. The lowest BCUT2D eigenvalue weighted by Gasteiger charge is -2.29. The molecule has 7 nitrogen and oxygen atoms in total. The molecule has 8 heteroatoms. The summed E-state index contributed by atoms with van der Waals surface area (Å²) in [5, 5.41) is 2.57. The highest BCUT2D eigenvalue weighted by molar-refractivity contribution is 7.99. The largest absolute Gasteiger partial charge is 0.444 e. The van der Waals surface area contributed by atoms with Gasteiger partial charge in [0.05, 0.1) is 5.88 Å². The van der Waals surface area contributed by atoms with Gasteiger partial charge in [-0.1, -0.05) is 0 Å². The van der Waals surface area contributed by atoms with Crippen LogP contribution in [0.1, 0.15) is 34.6 Å². The van der Waals surface area contributed by atoms with Crippen LogP contribution in [0, 0.1) is 0 Å². The van der Waals surface area contributed by atoms with Gasteiger partial charge in [0.2, 0.25) is 11.8 Å². The Labute approximate surface area is 128 Å². The van der Waals surface area contributed by atoms with Crippen LogP contribution < -0.4 is 11.1 Å². The Kier molecular flexibility index (Phi) is 5.14. The van der Waals surface area contributed by atoms with Crippen LogP contribution in [0.5, 0.6) is 0 Å². The van der Waals surface area contributed by atoms with E-state index in [9.17, 15) is 14.4 Å². The van der Waals surface area contributed by atoms with Gasteiger partial charge in [0.15, 0.2) is 0 Å². The van der Waals surface area contributed by atoms with Crippen LogP contribution in [0.4, 0.5) is 4.79 Å². The van der Waals surface area contributed by atoms with E-state index >= 15 is 0 Å². The minimum Gasteiger partial charge on any atom is -0.444 e. The first-order chi connectivity index (χ1) is 9.44. The quantitative estimate of drug-likeness (QED) is 0.797. The Morgan fingerprint density at radius 1 is 1.24 bits per heavy atom. The monoisotopic (exact) mass is 317 g/mol. The van der Waals surface area contributed by atoms with Gasteiger partial charge in [-0.3, -0.25) is 14.5 Å². The molecule has 3 amide bonds. The van der Waals surface area contributed by atoms with Crippen molar-refractivity contribution in [3.63, 3.8) is 0 Å². The maximum Gasteiger partial charge on any atom is 0.411 e. The first kappa shape index (κ1) is 17.6. The summed E-state index contributed by atoms with van der Waals surface area (Å²) in [5.74, 6) is -0.204. The zero-order chi connectivity index (χ0) is 16.4.